The van der Waals surface area contributed by atoms with Gasteiger partial charge >= 0.3 is 6.18 Å². The first kappa shape index (κ1) is 18.8. The number of Topliss-reactive ketones (excluding diaryl/α,β-unsaturated/α-hetero) is 1. The third-order valence-corrected chi connectivity index (χ3v) is 3.85. The summed E-state index contributed by atoms with van der Waals surface area (Å²) in [6.45, 7) is 4.02. The van der Waals surface area contributed by atoms with E-state index in [2.05, 4.69) is 0 Å². The van der Waals surface area contributed by atoms with Gasteiger partial charge in [0, 0.05) is 18.9 Å². The summed E-state index contributed by atoms with van der Waals surface area (Å²) in [6.07, 6.45) is -3.67. The average Bonchev–Trinajstić information content (AvgIpc) is 2.58. The van der Waals surface area contributed by atoms with Crippen LogP contribution < -0.4 is 4.90 Å². The molecule has 0 saturated carbocycles. The summed E-state index contributed by atoms with van der Waals surface area (Å²) in [5.41, 5.74) is 1.61. The molecule has 2 aromatic rings. The molecule has 0 spiro atoms. The second kappa shape index (κ2) is 7.55. The topological polar surface area (TPSA) is 20.3 Å². The molecule has 0 amide bonds. The first-order valence-electron chi connectivity index (χ1n) is 7.92. The third kappa shape index (κ3) is 4.50. The molecular formula is C20H20F3NO. The third-order valence-electron chi connectivity index (χ3n) is 3.85. The Balaban J connectivity index is 2.53. The van der Waals surface area contributed by atoms with Crippen LogP contribution in [-0.2, 0) is 4.79 Å². The summed E-state index contributed by atoms with van der Waals surface area (Å²) in [5, 5.41) is 0. The van der Waals surface area contributed by atoms with E-state index in [1.54, 1.807) is 30.1 Å². The van der Waals surface area contributed by atoms with Crippen LogP contribution >= 0.6 is 0 Å². The van der Waals surface area contributed by atoms with Gasteiger partial charge in [0.05, 0.1) is 5.57 Å². The molecule has 2 nitrogen and oxygen atoms in total. The van der Waals surface area contributed by atoms with Gasteiger partial charge < -0.3 is 4.90 Å². The molecule has 0 radical (unpaired) electrons. The number of allylic oxidation sites excluding steroid dienone is 1. The maximum absolute atomic E-state index is 13.0. The van der Waals surface area contributed by atoms with Gasteiger partial charge in [0.1, 0.15) is 0 Å². The van der Waals surface area contributed by atoms with Gasteiger partial charge in [-0.3, -0.25) is 4.79 Å². The Morgan fingerprint density at radius 3 is 2.12 bits per heavy atom. The number of alkyl halides is 3. The highest BCUT2D eigenvalue weighted by molar-refractivity contribution is 6.23. The number of carbonyl (C=O) groups excluding carboxylic acids is 1. The van der Waals surface area contributed by atoms with E-state index < -0.39 is 12.0 Å². The number of rotatable bonds is 5. The van der Waals surface area contributed by atoms with Crippen molar-refractivity contribution < 1.29 is 18.0 Å². The van der Waals surface area contributed by atoms with Crippen molar-refractivity contribution in [3.05, 3.63) is 71.9 Å². The summed E-state index contributed by atoms with van der Waals surface area (Å²) in [6, 6.07) is 15.4. The Hall–Kier alpha value is -2.56. The molecule has 2 rings (SSSR count). The van der Waals surface area contributed by atoms with Crippen molar-refractivity contribution in [1.82, 2.24) is 0 Å². The highest BCUT2D eigenvalue weighted by Gasteiger charge is 2.41. The molecule has 0 saturated heterocycles. The Labute approximate surface area is 145 Å². The highest BCUT2D eigenvalue weighted by atomic mass is 19.4. The van der Waals surface area contributed by atoms with E-state index in [0.29, 0.717) is 0 Å². The number of benzene rings is 2. The van der Waals surface area contributed by atoms with Gasteiger partial charge in [-0.1, -0.05) is 62.4 Å². The van der Waals surface area contributed by atoms with Crippen molar-refractivity contribution >= 4 is 17.0 Å². The average molecular weight is 347 g/mol. The number of halogens is 3. The Morgan fingerprint density at radius 1 is 1.00 bits per heavy atom. The van der Waals surface area contributed by atoms with E-state index in [0.717, 1.165) is 11.3 Å². The lowest BCUT2D eigenvalue weighted by Gasteiger charge is -2.22. The smallest absolute Gasteiger partial charge is 0.350 e. The Morgan fingerprint density at radius 2 is 1.56 bits per heavy atom. The SMILES string of the molecule is CC(C)c1ccccc1N(C)/C=C(/C(=O)C(F)(F)F)c1ccccc1. The van der Waals surface area contributed by atoms with Crippen LogP contribution in [0, 0.1) is 0 Å². The van der Waals surface area contributed by atoms with Crippen LogP contribution in [0.3, 0.4) is 0 Å². The molecule has 0 atom stereocenters. The molecule has 2 aromatic carbocycles. The Kier molecular flexibility index (Phi) is 5.67. The lowest BCUT2D eigenvalue weighted by atomic mass is 9.99. The van der Waals surface area contributed by atoms with E-state index in [1.807, 2.05) is 38.1 Å². The van der Waals surface area contributed by atoms with Crippen molar-refractivity contribution in [3.63, 3.8) is 0 Å². The van der Waals surface area contributed by atoms with Crippen molar-refractivity contribution in [2.75, 3.05) is 11.9 Å². The molecule has 0 unspecified atom stereocenters. The van der Waals surface area contributed by atoms with Crippen molar-refractivity contribution in [3.8, 4) is 0 Å². The maximum Gasteiger partial charge on any atom is 0.454 e. The lowest BCUT2D eigenvalue weighted by Crippen LogP contribution is -2.25. The molecule has 0 aliphatic carbocycles. The summed E-state index contributed by atoms with van der Waals surface area (Å²) >= 11 is 0. The van der Waals surface area contributed by atoms with Gasteiger partial charge in [0.15, 0.2) is 0 Å². The number of ketones is 1. The van der Waals surface area contributed by atoms with Crippen LogP contribution in [-0.4, -0.2) is 19.0 Å². The first-order chi connectivity index (χ1) is 11.7. The molecule has 132 valence electrons. The predicted octanol–water partition coefficient (Wildman–Crippen LogP) is 5.42. The molecule has 0 aliphatic heterocycles. The fourth-order valence-corrected chi connectivity index (χ4v) is 2.59. The highest BCUT2D eigenvalue weighted by Crippen LogP contribution is 2.31. The molecule has 0 aromatic heterocycles. The van der Waals surface area contributed by atoms with Crippen LogP contribution in [0.25, 0.3) is 5.57 Å². The van der Waals surface area contributed by atoms with Gasteiger partial charge in [-0.05, 0) is 23.1 Å². The minimum atomic E-state index is -4.93. The number of hydrogen-bond donors (Lipinski definition) is 0. The van der Waals surface area contributed by atoms with Crippen molar-refractivity contribution in [2.24, 2.45) is 0 Å². The van der Waals surface area contributed by atoms with Crippen LogP contribution in [0.4, 0.5) is 18.9 Å². The summed E-state index contributed by atoms with van der Waals surface area (Å²) in [5.74, 6) is -1.65. The van der Waals surface area contributed by atoms with E-state index in [1.165, 1.54) is 18.3 Å². The second-order valence-electron chi connectivity index (χ2n) is 6.06. The van der Waals surface area contributed by atoms with Gasteiger partial charge in [-0.25, -0.2) is 0 Å². The number of hydrogen-bond acceptors (Lipinski definition) is 2. The zero-order chi connectivity index (χ0) is 18.6. The second-order valence-corrected chi connectivity index (χ2v) is 6.06. The predicted molar refractivity (Wildman–Crippen MR) is 94.4 cm³/mol. The van der Waals surface area contributed by atoms with Crippen LogP contribution in [0.15, 0.2) is 60.8 Å². The number of nitrogens with zero attached hydrogens (tertiary/aromatic N) is 1. The van der Waals surface area contributed by atoms with Gasteiger partial charge in [0.2, 0.25) is 0 Å². The van der Waals surface area contributed by atoms with E-state index in [-0.39, 0.29) is 17.1 Å². The largest absolute Gasteiger partial charge is 0.454 e. The van der Waals surface area contributed by atoms with Gasteiger partial charge in [-0.15, -0.1) is 0 Å². The van der Waals surface area contributed by atoms with E-state index >= 15 is 0 Å². The van der Waals surface area contributed by atoms with E-state index in [4.69, 9.17) is 0 Å². The molecular weight excluding hydrogens is 327 g/mol. The van der Waals surface area contributed by atoms with Crippen LogP contribution in [0.1, 0.15) is 30.9 Å². The Bertz CT molecular complexity index is 764. The van der Waals surface area contributed by atoms with Crippen LogP contribution in [0.5, 0.6) is 0 Å². The number of anilines is 1. The molecule has 5 heteroatoms. The zero-order valence-electron chi connectivity index (χ0n) is 14.3. The van der Waals surface area contributed by atoms with Crippen LogP contribution in [0.2, 0.25) is 0 Å². The molecule has 0 N–H and O–H groups in total. The quantitative estimate of drug-likeness (QED) is 0.673. The minimum absolute atomic E-state index is 0.200. The summed E-state index contributed by atoms with van der Waals surface area (Å²) < 4.78 is 39.1. The zero-order valence-corrected chi connectivity index (χ0v) is 14.3. The number of carbonyl (C=O) groups is 1. The maximum atomic E-state index is 13.0. The van der Waals surface area contributed by atoms with Crippen molar-refractivity contribution in [2.45, 2.75) is 25.9 Å². The van der Waals surface area contributed by atoms with Crippen molar-refractivity contribution in [1.29, 1.82) is 0 Å². The van der Waals surface area contributed by atoms with Gasteiger partial charge in [0.25, 0.3) is 5.78 Å². The normalized spacial score (nSPS) is 12.4. The lowest BCUT2D eigenvalue weighted by molar-refractivity contribution is -0.164. The fourth-order valence-electron chi connectivity index (χ4n) is 2.59. The molecule has 0 heterocycles. The monoisotopic (exact) mass is 347 g/mol. The summed E-state index contributed by atoms with van der Waals surface area (Å²) in [7, 11) is 1.65. The molecule has 0 bridgehead atoms. The minimum Gasteiger partial charge on any atom is -0.350 e. The summed E-state index contributed by atoms with van der Waals surface area (Å²) in [4.78, 5) is 13.5. The fraction of sp³-hybridized carbons (Fsp3) is 0.250. The van der Waals surface area contributed by atoms with Gasteiger partial charge in [-0.2, -0.15) is 13.2 Å². The molecule has 0 aliphatic rings. The molecule has 0 fully saturated rings. The molecule has 25 heavy (non-hydrogen) atoms. The number of para-hydroxylation sites is 1. The standard InChI is InChI=1S/C20H20F3NO/c1-14(2)16-11-7-8-12-18(16)24(3)13-17(19(25)20(21,22)23)15-9-5-4-6-10-15/h4-14H,1-3H3/b17-13+. The first-order valence-corrected chi connectivity index (χ1v) is 7.92. The van der Waals surface area contributed by atoms with E-state index in [9.17, 15) is 18.0 Å².